The number of thioether (sulfide) groups is 1. The van der Waals surface area contributed by atoms with Crippen molar-refractivity contribution in [2.45, 2.75) is 17.6 Å². The molecule has 0 atom stereocenters. The van der Waals surface area contributed by atoms with Gasteiger partial charge in [-0.25, -0.2) is 0 Å². The second-order valence-electron chi connectivity index (χ2n) is 7.84. The van der Waals surface area contributed by atoms with Gasteiger partial charge in [0.25, 0.3) is 5.91 Å². The van der Waals surface area contributed by atoms with Crippen molar-refractivity contribution in [3.8, 4) is 5.75 Å². The molecular formula is C26H27ClN2O2S. The standard InChI is InChI=1S/C26H27ClN2O2S/c1-19-8-10-22(27)17-24(19)28-12-14-29(15-13-28)26(30)20-9-11-25(31-2)21(16-20)18-32-23-6-4-3-5-7-23/h3-11,16-17H,12-15,18H2,1-2H3. The zero-order valence-corrected chi connectivity index (χ0v) is 20.0. The molecule has 3 aromatic carbocycles. The minimum atomic E-state index is 0.0704. The summed E-state index contributed by atoms with van der Waals surface area (Å²) in [4.78, 5) is 18.7. The lowest BCUT2D eigenvalue weighted by atomic mass is 10.1. The maximum atomic E-state index is 13.2. The largest absolute Gasteiger partial charge is 0.496 e. The van der Waals surface area contributed by atoms with E-state index >= 15 is 0 Å². The molecule has 3 aromatic rings. The molecule has 0 unspecified atom stereocenters. The summed E-state index contributed by atoms with van der Waals surface area (Å²) in [7, 11) is 1.67. The summed E-state index contributed by atoms with van der Waals surface area (Å²) >= 11 is 7.93. The number of rotatable bonds is 6. The van der Waals surface area contributed by atoms with Crippen LogP contribution in [0.2, 0.25) is 5.02 Å². The topological polar surface area (TPSA) is 32.8 Å². The van der Waals surface area contributed by atoms with Crippen LogP contribution in [0.1, 0.15) is 21.5 Å². The Bertz CT molecular complexity index is 1080. The molecule has 32 heavy (non-hydrogen) atoms. The highest BCUT2D eigenvalue weighted by atomic mass is 35.5. The fraction of sp³-hybridized carbons (Fsp3) is 0.269. The van der Waals surface area contributed by atoms with Gasteiger partial charge >= 0.3 is 0 Å². The molecule has 0 aromatic heterocycles. The Morgan fingerprint density at radius 2 is 1.75 bits per heavy atom. The van der Waals surface area contributed by atoms with Crippen LogP contribution in [-0.4, -0.2) is 44.1 Å². The first kappa shape index (κ1) is 22.6. The lowest BCUT2D eigenvalue weighted by Gasteiger charge is -2.37. The number of aryl methyl sites for hydroxylation is 1. The van der Waals surface area contributed by atoms with Crippen LogP contribution >= 0.6 is 23.4 Å². The Labute approximate surface area is 199 Å². The molecule has 0 spiro atoms. The maximum Gasteiger partial charge on any atom is 0.253 e. The van der Waals surface area contributed by atoms with E-state index in [2.05, 4.69) is 24.0 Å². The molecular weight excluding hydrogens is 440 g/mol. The average molecular weight is 467 g/mol. The van der Waals surface area contributed by atoms with Crippen LogP contribution in [0.25, 0.3) is 0 Å². The average Bonchev–Trinajstić information content (AvgIpc) is 2.84. The van der Waals surface area contributed by atoms with E-state index in [0.29, 0.717) is 18.7 Å². The number of piperazine rings is 1. The lowest BCUT2D eigenvalue weighted by molar-refractivity contribution is 0.0746. The van der Waals surface area contributed by atoms with Gasteiger partial charge in [0, 0.05) is 58.7 Å². The molecule has 0 bridgehead atoms. The second-order valence-corrected chi connectivity index (χ2v) is 9.32. The van der Waals surface area contributed by atoms with Gasteiger partial charge in [-0.05, 0) is 55.0 Å². The van der Waals surface area contributed by atoms with Crippen LogP contribution < -0.4 is 9.64 Å². The van der Waals surface area contributed by atoms with Crippen LogP contribution in [0.5, 0.6) is 5.75 Å². The number of carbonyl (C=O) groups is 1. The molecule has 166 valence electrons. The van der Waals surface area contributed by atoms with Crippen molar-refractivity contribution in [3.05, 3.63) is 88.4 Å². The summed E-state index contributed by atoms with van der Waals surface area (Å²) in [6, 6.07) is 22.0. The van der Waals surface area contributed by atoms with Crippen molar-refractivity contribution < 1.29 is 9.53 Å². The summed E-state index contributed by atoms with van der Waals surface area (Å²) in [5.74, 6) is 1.63. The Hall–Kier alpha value is -2.63. The molecule has 1 fully saturated rings. The number of halogens is 1. The molecule has 0 aliphatic carbocycles. The van der Waals surface area contributed by atoms with Crippen LogP contribution in [0, 0.1) is 6.92 Å². The van der Waals surface area contributed by atoms with E-state index in [-0.39, 0.29) is 5.91 Å². The van der Waals surface area contributed by atoms with Crippen molar-refractivity contribution in [2.75, 3.05) is 38.2 Å². The van der Waals surface area contributed by atoms with Crippen molar-refractivity contribution in [1.29, 1.82) is 0 Å². The first-order valence-electron chi connectivity index (χ1n) is 10.7. The SMILES string of the molecule is COc1ccc(C(=O)N2CCN(c3cc(Cl)ccc3C)CC2)cc1CSc1ccccc1. The van der Waals surface area contributed by atoms with Crippen LogP contribution in [0.4, 0.5) is 5.69 Å². The summed E-state index contributed by atoms with van der Waals surface area (Å²) < 4.78 is 5.54. The second kappa shape index (κ2) is 10.3. The minimum Gasteiger partial charge on any atom is -0.496 e. The molecule has 1 aliphatic rings. The van der Waals surface area contributed by atoms with Gasteiger partial charge in [0.05, 0.1) is 7.11 Å². The summed E-state index contributed by atoms with van der Waals surface area (Å²) in [5.41, 5.74) is 4.08. The van der Waals surface area contributed by atoms with Gasteiger partial charge in [0.1, 0.15) is 5.75 Å². The number of nitrogens with zero attached hydrogens (tertiary/aromatic N) is 2. The van der Waals surface area contributed by atoms with E-state index < -0.39 is 0 Å². The molecule has 6 heteroatoms. The van der Waals surface area contributed by atoms with E-state index in [4.69, 9.17) is 16.3 Å². The number of carbonyl (C=O) groups excluding carboxylic acids is 1. The predicted molar refractivity (Wildman–Crippen MR) is 133 cm³/mol. The zero-order valence-electron chi connectivity index (χ0n) is 18.4. The molecule has 0 N–H and O–H groups in total. The van der Waals surface area contributed by atoms with Crippen molar-refractivity contribution in [1.82, 2.24) is 4.90 Å². The third-order valence-electron chi connectivity index (χ3n) is 5.74. The van der Waals surface area contributed by atoms with Gasteiger partial charge in [-0.2, -0.15) is 0 Å². The third kappa shape index (κ3) is 5.22. The number of amides is 1. The number of anilines is 1. The fourth-order valence-electron chi connectivity index (χ4n) is 3.96. The van der Waals surface area contributed by atoms with E-state index in [0.717, 1.165) is 40.9 Å². The van der Waals surface area contributed by atoms with Gasteiger partial charge in [-0.1, -0.05) is 35.9 Å². The van der Waals surface area contributed by atoms with Crippen LogP contribution in [-0.2, 0) is 5.75 Å². The number of ether oxygens (including phenoxy) is 1. The molecule has 4 nitrogen and oxygen atoms in total. The number of hydrogen-bond acceptors (Lipinski definition) is 4. The van der Waals surface area contributed by atoms with Crippen molar-refractivity contribution in [2.24, 2.45) is 0 Å². The van der Waals surface area contributed by atoms with E-state index in [1.165, 1.54) is 10.5 Å². The third-order valence-corrected chi connectivity index (χ3v) is 7.04. The Kier molecular flexibility index (Phi) is 7.28. The molecule has 0 radical (unpaired) electrons. The summed E-state index contributed by atoms with van der Waals surface area (Å²) in [6.45, 7) is 5.05. The van der Waals surface area contributed by atoms with E-state index in [1.54, 1.807) is 18.9 Å². The van der Waals surface area contributed by atoms with Crippen LogP contribution in [0.3, 0.4) is 0 Å². The van der Waals surface area contributed by atoms with E-state index in [9.17, 15) is 4.79 Å². The fourth-order valence-corrected chi connectivity index (χ4v) is 5.02. The molecule has 4 rings (SSSR count). The Balaban J connectivity index is 1.43. The molecule has 1 heterocycles. The quantitative estimate of drug-likeness (QED) is 0.422. The molecule has 1 aliphatic heterocycles. The first-order valence-corrected chi connectivity index (χ1v) is 12.1. The Morgan fingerprint density at radius 3 is 2.47 bits per heavy atom. The van der Waals surface area contributed by atoms with Gasteiger partial charge in [-0.3, -0.25) is 4.79 Å². The lowest BCUT2D eigenvalue weighted by Crippen LogP contribution is -2.49. The first-order chi connectivity index (χ1) is 15.5. The predicted octanol–water partition coefficient (Wildman–Crippen LogP) is 5.91. The van der Waals surface area contributed by atoms with E-state index in [1.807, 2.05) is 59.5 Å². The highest BCUT2D eigenvalue weighted by molar-refractivity contribution is 7.98. The normalized spacial score (nSPS) is 13.8. The van der Waals surface area contributed by atoms with Crippen molar-refractivity contribution >= 4 is 35.0 Å². The highest BCUT2D eigenvalue weighted by Gasteiger charge is 2.24. The number of methoxy groups -OCH3 is 1. The summed E-state index contributed by atoms with van der Waals surface area (Å²) in [6.07, 6.45) is 0. The summed E-state index contributed by atoms with van der Waals surface area (Å²) in [5, 5.41) is 0.739. The van der Waals surface area contributed by atoms with Crippen molar-refractivity contribution in [3.63, 3.8) is 0 Å². The number of benzene rings is 3. The van der Waals surface area contributed by atoms with Gasteiger partial charge in [0.2, 0.25) is 0 Å². The van der Waals surface area contributed by atoms with Gasteiger partial charge < -0.3 is 14.5 Å². The minimum absolute atomic E-state index is 0.0704. The number of hydrogen-bond donors (Lipinski definition) is 0. The Morgan fingerprint density at radius 1 is 1.00 bits per heavy atom. The van der Waals surface area contributed by atoms with Gasteiger partial charge in [-0.15, -0.1) is 11.8 Å². The smallest absolute Gasteiger partial charge is 0.253 e. The maximum absolute atomic E-state index is 13.2. The van der Waals surface area contributed by atoms with Gasteiger partial charge in [0.15, 0.2) is 0 Å². The molecule has 1 saturated heterocycles. The van der Waals surface area contributed by atoms with Crippen LogP contribution in [0.15, 0.2) is 71.6 Å². The zero-order chi connectivity index (χ0) is 22.5. The molecule has 0 saturated carbocycles. The molecule has 1 amide bonds. The highest BCUT2D eigenvalue weighted by Crippen LogP contribution is 2.30. The monoisotopic (exact) mass is 466 g/mol.